The number of nitrogens with one attached hydrogen (secondary N) is 2. The highest BCUT2D eigenvalue weighted by Crippen LogP contribution is 2.16. The summed E-state index contributed by atoms with van der Waals surface area (Å²) >= 11 is 1.35. The second-order valence-electron chi connectivity index (χ2n) is 6.23. The van der Waals surface area contributed by atoms with Crippen LogP contribution in [0.1, 0.15) is 26.0 Å². The molecule has 4 aromatic rings. The third kappa shape index (κ3) is 3.39. The molecule has 0 fully saturated rings. The number of aryl methyl sites for hydroxylation is 2. The standard InChI is InChI=1S/C19H18N6O2S/c1-24-14-7-4-3-6-12(14)21-17(24)11-20-18(26)13-10-16(25(2)23-13)22-19(27)15-8-5-9-28-15/h3-10H,11H2,1-2H3,(H,20,26)(H,22,27). The van der Waals surface area contributed by atoms with Crippen LogP contribution in [0.4, 0.5) is 5.82 Å². The number of aromatic nitrogens is 4. The fourth-order valence-corrected chi connectivity index (χ4v) is 3.50. The molecule has 0 bridgehead atoms. The molecule has 142 valence electrons. The largest absolute Gasteiger partial charge is 0.343 e. The average molecular weight is 394 g/mol. The van der Waals surface area contributed by atoms with E-state index in [4.69, 9.17) is 0 Å². The predicted octanol–water partition coefficient (Wildman–Crippen LogP) is 2.55. The number of imidazole rings is 1. The molecular formula is C19H18N6O2S. The lowest BCUT2D eigenvalue weighted by Gasteiger charge is -2.03. The van der Waals surface area contributed by atoms with Crippen LogP contribution in [-0.4, -0.2) is 31.1 Å². The zero-order valence-electron chi connectivity index (χ0n) is 15.3. The zero-order chi connectivity index (χ0) is 19.7. The monoisotopic (exact) mass is 394 g/mol. The van der Waals surface area contributed by atoms with Gasteiger partial charge in [0.2, 0.25) is 0 Å². The maximum Gasteiger partial charge on any atom is 0.272 e. The number of amides is 2. The van der Waals surface area contributed by atoms with Crippen LogP contribution in [0.15, 0.2) is 47.8 Å². The Bertz CT molecular complexity index is 1160. The molecule has 0 aliphatic rings. The lowest BCUT2D eigenvalue weighted by Crippen LogP contribution is -2.25. The zero-order valence-corrected chi connectivity index (χ0v) is 16.2. The van der Waals surface area contributed by atoms with Crippen LogP contribution in [0.2, 0.25) is 0 Å². The van der Waals surface area contributed by atoms with E-state index in [0.717, 1.165) is 16.9 Å². The van der Waals surface area contributed by atoms with Crippen LogP contribution < -0.4 is 10.6 Å². The van der Waals surface area contributed by atoms with Gasteiger partial charge in [0.05, 0.1) is 22.5 Å². The van der Waals surface area contributed by atoms with Crippen LogP contribution in [0.5, 0.6) is 0 Å². The van der Waals surface area contributed by atoms with Gasteiger partial charge in [0.15, 0.2) is 5.69 Å². The highest BCUT2D eigenvalue weighted by atomic mass is 32.1. The van der Waals surface area contributed by atoms with Gasteiger partial charge in [0.25, 0.3) is 11.8 Å². The molecule has 4 rings (SSSR count). The number of nitrogens with zero attached hydrogens (tertiary/aromatic N) is 4. The Morgan fingerprint density at radius 1 is 1.11 bits per heavy atom. The van der Waals surface area contributed by atoms with E-state index in [0.29, 0.717) is 10.7 Å². The maximum atomic E-state index is 12.5. The number of carbonyl (C=O) groups excluding carboxylic acids is 2. The van der Waals surface area contributed by atoms with Crippen LogP contribution >= 0.6 is 11.3 Å². The van der Waals surface area contributed by atoms with Crippen molar-refractivity contribution in [1.82, 2.24) is 24.6 Å². The van der Waals surface area contributed by atoms with Gasteiger partial charge >= 0.3 is 0 Å². The molecule has 0 atom stereocenters. The molecule has 3 aromatic heterocycles. The summed E-state index contributed by atoms with van der Waals surface area (Å²) in [6.45, 7) is 0.275. The summed E-state index contributed by atoms with van der Waals surface area (Å²) in [5.74, 6) is 0.631. The van der Waals surface area contributed by atoms with E-state index >= 15 is 0 Å². The lowest BCUT2D eigenvalue weighted by atomic mass is 10.3. The van der Waals surface area contributed by atoms with Crippen molar-refractivity contribution in [1.29, 1.82) is 0 Å². The van der Waals surface area contributed by atoms with Crippen molar-refractivity contribution in [2.45, 2.75) is 6.54 Å². The summed E-state index contributed by atoms with van der Waals surface area (Å²) in [5, 5.41) is 11.6. The van der Waals surface area contributed by atoms with Gasteiger partial charge in [-0.05, 0) is 23.6 Å². The molecule has 9 heteroatoms. The summed E-state index contributed by atoms with van der Waals surface area (Å²) in [4.78, 5) is 29.8. The van der Waals surface area contributed by atoms with E-state index in [2.05, 4.69) is 20.7 Å². The number of thiophene rings is 1. The molecule has 0 spiro atoms. The molecule has 2 N–H and O–H groups in total. The van der Waals surface area contributed by atoms with Gasteiger partial charge in [0.1, 0.15) is 11.6 Å². The number of anilines is 1. The van der Waals surface area contributed by atoms with Crippen LogP contribution in [-0.2, 0) is 20.6 Å². The molecule has 0 saturated heterocycles. The minimum atomic E-state index is -0.334. The summed E-state index contributed by atoms with van der Waals surface area (Å²) in [5.41, 5.74) is 2.11. The van der Waals surface area contributed by atoms with Crippen LogP contribution in [0.25, 0.3) is 11.0 Å². The number of benzene rings is 1. The molecule has 28 heavy (non-hydrogen) atoms. The van der Waals surface area contributed by atoms with Crippen LogP contribution in [0, 0.1) is 0 Å². The average Bonchev–Trinajstić information content (AvgIpc) is 3.41. The number of carbonyl (C=O) groups is 2. The molecule has 3 heterocycles. The Morgan fingerprint density at radius 3 is 2.68 bits per heavy atom. The Hall–Kier alpha value is -3.46. The predicted molar refractivity (Wildman–Crippen MR) is 107 cm³/mol. The molecule has 1 aromatic carbocycles. The molecule has 0 saturated carbocycles. The number of fused-ring (bicyclic) bond motifs is 1. The molecule has 0 radical (unpaired) electrons. The van der Waals surface area contributed by atoms with Crippen LogP contribution in [0.3, 0.4) is 0 Å². The Kier molecular flexibility index (Phi) is 4.66. The van der Waals surface area contributed by atoms with Gasteiger partial charge in [0, 0.05) is 20.2 Å². The first-order chi connectivity index (χ1) is 13.5. The van der Waals surface area contributed by atoms with Gasteiger partial charge < -0.3 is 15.2 Å². The van der Waals surface area contributed by atoms with E-state index in [9.17, 15) is 9.59 Å². The normalized spacial score (nSPS) is 10.9. The van der Waals surface area contributed by atoms with Crippen molar-refractivity contribution in [3.8, 4) is 0 Å². The van der Waals surface area contributed by atoms with Gasteiger partial charge in [-0.25, -0.2) is 4.98 Å². The first-order valence-corrected chi connectivity index (χ1v) is 9.48. The summed E-state index contributed by atoms with van der Waals surface area (Å²) < 4.78 is 3.41. The molecule has 0 aliphatic heterocycles. The van der Waals surface area contributed by atoms with Gasteiger partial charge in [-0.1, -0.05) is 18.2 Å². The van der Waals surface area contributed by atoms with E-state index in [-0.39, 0.29) is 24.1 Å². The number of rotatable bonds is 5. The third-order valence-electron chi connectivity index (χ3n) is 4.39. The van der Waals surface area contributed by atoms with Gasteiger partial charge in [-0.2, -0.15) is 5.10 Å². The van der Waals surface area contributed by atoms with E-state index in [1.165, 1.54) is 16.0 Å². The second-order valence-corrected chi connectivity index (χ2v) is 7.18. The number of hydrogen-bond acceptors (Lipinski definition) is 5. The first kappa shape index (κ1) is 17.9. The minimum Gasteiger partial charge on any atom is -0.343 e. The number of hydrogen-bond donors (Lipinski definition) is 2. The van der Waals surface area contributed by atoms with Crippen molar-refractivity contribution < 1.29 is 9.59 Å². The first-order valence-electron chi connectivity index (χ1n) is 8.60. The third-order valence-corrected chi connectivity index (χ3v) is 5.25. The van der Waals surface area contributed by atoms with E-state index in [1.807, 2.05) is 47.3 Å². The van der Waals surface area contributed by atoms with Gasteiger partial charge in [-0.15, -0.1) is 11.3 Å². The van der Waals surface area contributed by atoms with E-state index in [1.54, 1.807) is 19.2 Å². The Labute approximate surface area is 164 Å². The summed E-state index contributed by atoms with van der Waals surface area (Å²) in [6.07, 6.45) is 0. The van der Waals surface area contributed by atoms with Crippen molar-refractivity contribution in [3.05, 3.63) is 64.2 Å². The summed E-state index contributed by atoms with van der Waals surface area (Å²) in [6, 6.07) is 12.9. The van der Waals surface area contributed by atoms with Crippen molar-refractivity contribution in [2.75, 3.05) is 5.32 Å². The molecular weight excluding hydrogens is 376 g/mol. The quantitative estimate of drug-likeness (QED) is 0.544. The molecule has 8 nitrogen and oxygen atoms in total. The number of para-hydroxylation sites is 2. The highest BCUT2D eigenvalue weighted by molar-refractivity contribution is 7.12. The van der Waals surface area contributed by atoms with Gasteiger partial charge in [-0.3, -0.25) is 14.3 Å². The van der Waals surface area contributed by atoms with E-state index < -0.39 is 0 Å². The molecule has 2 amide bonds. The smallest absolute Gasteiger partial charge is 0.272 e. The summed E-state index contributed by atoms with van der Waals surface area (Å²) in [7, 11) is 3.59. The Morgan fingerprint density at radius 2 is 1.93 bits per heavy atom. The maximum absolute atomic E-state index is 12.5. The van der Waals surface area contributed by atoms with Crippen molar-refractivity contribution in [3.63, 3.8) is 0 Å². The molecule has 0 aliphatic carbocycles. The van der Waals surface area contributed by atoms with Crippen molar-refractivity contribution >= 4 is 40.0 Å². The fourth-order valence-electron chi connectivity index (χ4n) is 2.88. The topological polar surface area (TPSA) is 93.8 Å². The molecule has 0 unspecified atom stereocenters. The lowest BCUT2D eigenvalue weighted by molar-refractivity contribution is 0.0943. The highest BCUT2D eigenvalue weighted by Gasteiger charge is 2.16. The Balaban J connectivity index is 1.45. The van der Waals surface area contributed by atoms with Crippen molar-refractivity contribution in [2.24, 2.45) is 14.1 Å². The SMILES string of the molecule is Cn1nc(C(=O)NCc2nc3ccccc3n2C)cc1NC(=O)c1cccs1. The minimum absolute atomic E-state index is 0.225. The second kappa shape index (κ2) is 7.28. The fraction of sp³-hybridized carbons (Fsp3) is 0.158.